The van der Waals surface area contributed by atoms with Crippen LogP contribution < -0.4 is 0 Å². The summed E-state index contributed by atoms with van der Waals surface area (Å²) < 4.78 is 5.51. The van der Waals surface area contributed by atoms with Gasteiger partial charge in [0.1, 0.15) is 5.60 Å². The Bertz CT molecular complexity index is 215. The van der Waals surface area contributed by atoms with Gasteiger partial charge in [0.25, 0.3) is 0 Å². The number of rotatable bonds is 1. The molecule has 0 N–H and O–H groups in total. The van der Waals surface area contributed by atoms with Crippen LogP contribution >= 0.6 is 0 Å². The fourth-order valence-electron chi connectivity index (χ4n) is 1.71. The van der Waals surface area contributed by atoms with Crippen molar-refractivity contribution in [1.82, 2.24) is 0 Å². The van der Waals surface area contributed by atoms with E-state index in [0.717, 1.165) is 6.42 Å². The van der Waals surface area contributed by atoms with Crippen molar-refractivity contribution < 1.29 is 4.74 Å². The topological polar surface area (TPSA) is 12.5 Å². The molecule has 0 aromatic carbocycles. The fourth-order valence-corrected chi connectivity index (χ4v) is 1.71. The summed E-state index contributed by atoms with van der Waals surface area (Å²) >= 11 is 0. The van der Waals surface area contributed by atoms with Gasteiger partial charge in [-0.25, -0.2) is 0 Å². The normalized spacial score (nSPS) is 42.6. The molecule has 1 nitrogen and oxygen atoms in total. The SMILES string of the molecule is CCC1=CC=CC12OC2C. The number of hydrogen-bond acceptors (Lipinski definition) is 1. The zero-order valence-corrected chi connectivity index (χ0v) is 6.42. The molecular formula is C9H12O. The van der Waals surface area contributed by atoms with E-state index < -0.39 is 0 Å². The molecule has 0 aromatic heterocycles. The standard InChI is InChI=1S/C9H12O/c1-3-8-5-4-6-9(8)7(2)10-9/h4-7H,3H2,1-2H3. The minimum atomic E-state index is 0.0503. The van der Waals surface area contributed by atoms with Gasteiger partial charge >= 0.3 is 0 Å². The third kappa shape index (κ3) is 0.562. The quantitative estimate of drug-likeness (QED) is 0.502. The third-order valence-corrected chi connectivity index (χ3v) is 2.44. The first kappa shape index (κ1) is 6.17. The summed E-state index contributed by atoms with van der Waals surface area (Å²) in [7, 11) is 0. The summed E-state index contributed by atoms with van der Waals surface area (Å²) in [6.07, 6.45) is 7.96. The first-order valence-electron chi connectivity index (χ1n) is 3.86. The van der Waals surface area contributed by atoms with Crippen molar-refractivity contribution >= 4 is 0 Å². The Kier molecular flexibility index (Phi) is 1.07. The molecule has 2 rings (SSSR count). The molecule has 2 atom stereocenters. The van der Waals surface area contributed by atoms with Crippen molar-refractivity contribution in [3.8, 4) is 0 Å². The van der Waals surface area contributed by atoms with Gasteiger partial charge < -0.3 is 4.74 Å². The molecule has 54 valence electrons. The van der Waals surface area contributed by atoms with Gasteiger partial charge in [0.2, 0.25) is 0 Å². The van der Waals surface area contributed by atoms with Crippen LogP contribution in [0.5, 0.6) is 0 Å². The molecule has 1 spiro atoms. The third-order valence-electron chi connectivity index (χ3n) is 2.44. The maximum absolute atomic E-state index is 5.51. The highest BCUT2D eigenvalue weighted by molar-refractivity contribution is 5.43. The largest absolute Gasteiger partial charge is 0.357 e. The van der Waals surface area contributed by atoms with E-state index in [-0.39, 0.29) is 5.60 Å². The van der Waals surface area contributed by atoms with Crippen LogP contribution in [0.1, 0.15) is 20.3 Å². The van der Waals surface area contributed by atoms with Crippen LogP contribution in [0.25, 0.3) is 0 Å². The summed E-state index contributed by atoms with van der Waals surface area (Å²) in [5.74, 6) is 0. The lowest BCUT2D eigenvalue weighted by molar-refractivity contribution is 0.357. The van der Waals surface area contributed by atoms with Crippen LogP contribution in [0.4, 0.5) is 0 Å². The minimum absolute atomic E-state index is 0.0503. The van der Waals surface area contributed by atoms with Crippen molar-refractivity contribution in [2.24, 2.45) is 0 Å². The van der Waals surface area contributed by atoms with Crippen molar-refractivity contribution in [3.05, 3.63) is 23.8 Å². The molecule has 10 heavy (non-hydrogen) atoms. The van der Waals surface area contributed by atoms with Crippen molar-refractivity contribution in [2.75, 3.05) is 0 Å². The predicted octanol–water partition coefficient (Wildman–Crippen LogP) is 2.05. The van der Waals surface area contributed by atoms with Crippen molar-refractivity contribution in [3.63, 3.8) is 0 Å². The average molecular weight is 136 g/mol. The van der Waals surface area contributed by atoms with Gasteiger partial charge in [-0.15, -0.1) is 0 Å². The van der Waals surface area contributed by atoms with E-state index >= 15 is 0 Å². The summed E-state index contributed by atoms with van der Waals surface area (Å²) in [4.78, 5) is 0. The first-order chi connectivity index (χ1) is 4.79. The van der Waals surface area contributed by atoms with E-state index in [4.69, 9.17) is 4.74 Å². The van der Waals surface area contributed by atoms with E-state index in [9.17, 15) is 0 Å². The Morgan fingerprint density at radius 2 is 2.40 bits per heavy atom. The Balaban J connectivity index is 2.25. The second-order valence-electron chi connectivity index (χ2n) is 2.96. The van der Waals surface area contributed by atoms with Crippen LogP contribution in [-0.4, -0.2) is 11.7 Å². The van der Waals surface area contributed by atoms with Crippen molar-refractivity contribution in [1.29, 1.82) is 0 Å². The highest BCUT2D eigenvalue weighted by Crippen LogP contribution is 2.47. The van der Waals surface area contributed by atoms with E-state index in [0.29, 0.717) is 6.10 Å². The second-order valence-corrected chi connectivity index (χ2v) is 2.96. The first-order valence-corrected chi connectivity index (χ1v) is 3.86. The molecule has 2 aliphatic rings. The summed E-state index contributed by atoms with van der Waals surface area (Å²) in [5.41, 5.74) is 1.48. The molecule has 1 heteroatoms. The number of hydrogen-bond donors (Lipinski definition) is 0. The van der Waals surface area contributed by atoms with E-state index in [1.807, 2.05) is 0 Å². The van der Waals surface area contributed by atoms with E-state index in [2.05, 4.69) is 32.1 Å². The molecule has 1 saturated heterocycles. The zero-order valence-electron chi connectivity index (χ0n) is 6.42. The highest BCUT2D eigenvalue weighted by atomic mass is 16.6. The van der Waals surface area contributed by atoms with Gasteiger partial charge in [-0.05, 0) is 25.0 Å². The van der Waals surface area contributed by atoms with E-state index in [1.54, 1.807) is 0 Å². The fraction of sp³-hybridized carbons (Fsp3) is 0.556. The monoisotopic (exact) mass is 136 g/mol. The molecule has 0 saturated carbocycles. The van der Waals surface area contributed by atoms with Crippen LogP contribution in [0.2, 0.25) is 0 Å². The molecular weight excluding hydrogens is 124 g/mol. The molecule has 0 radical (unpaired) electrons. The van der Waals surface area contributed by atoms with Crippen LogP contribution in [0, 0.1) is 0 Å². The Morgan fingerprint density at radius 1 is 1.70 bits per heavy atom. The highest BCUT2D eigenvalue weighted by Gasteiger charge is 2.54. The van der Waals surface area contributed by atoms with Gasteiger partial charge in [-0.2, -0.15) is 0 Å². The molecule has 1 aliphatic carbocycles. The lowest BCUT2D eigenvalue weighted by Gasteiger charge is -2.04. The maximum Gasteiger partial charge on any atom is 0.134 e. The number of epoxide rings is 1. The molecule has 1 heterocycles. The van der Waals surface area contributed by atoms with Gasteiger partial charge in [-0.1, -0.05) is 19.1 Å². The zero-order chi connectivity index (χ0) is 7.19. The molecule has 2 unspecified atom stereocenters. The Morgan fingerprint density at radius 3 is 2.80 bits per heavy atom. The van der Waals surface area contributed by atoms with Crippen LogP contribution in [0.3, 0.4) is 0 Å². The molecule has 1 aliphatic heterocycles. The molecule has 0 aromatic rings. The maximum atomic E-state index is 5.51. The van der Waals surface area contributed by atoms with E-state index in [1.165, 1.54) is 5.57 Å². The van der Waals surface area contributed by atoms with Crippen LogP contribution in [-0.2, 0) is 4.74 Å². The number of ether oxygens (including phenoxy) is 1. The second kappa shape index (κ2) is 1.73. The van der Waals surface area contributed by atoms with Gasteiger partial charge in [0.05, 0.1) is 6.10 Å². The van der Waals surface area contributed by atoms with Crippen molar-refractivity contribution in [2.45, 2.75) is 32.0 Å². The summed E-state index contributed by atoms with van der Waals surface area (Å²) in [5, 5.41) is 0. The smallest absolute Gasteiger partial charge is 0.134 e. The lowest BCUT2D eigenvalue weighted by atomic mass is 9.98. The van der Waals surface area contributed by atoms with Gasteiger partial charge in [-0.3, -0.25) is 0 Å². The average Bonchev–Trinajstić information content (AvgIpc) is 2.45. The minimum Gasteiger partial charge on any atom is -0.357 e. The Hall–Kier alpha value is -0.560. The van der Waals surface area contributed by atoms with Crippen LogP contribution in [0.15, 0.2) is 23.8 Å². The van der Waals surface area contributed by atoms with Gasteiger partial charge in [0.15, 0.2) is 0 Å². The number of allylic oxidation sites excluding steroid dienone is 2. The summed E-state index contributed by atoms with van der Waals surface area (Å²) in [6, 6.07) is 0. The molecule has 0 bridgehead atoms. The van der Waals surface area contributed by atoms with Gasteiger partial charge in [0, 0.05) is 0 Å². The lowest BCUT2D eigenvalue weighted by Crippen LogP contribution is -2.10. The Labute approximate surface area is 61.4 Å². The molecule has 0 amide bonds. The summed E-state index contributed by atoms with van der Waals surface area (Å²) in [6.45, 7) is 4.30. The predicted molar refractivity (Wildman–Crippen MR) is 40.8 cm³/mol. The molecule has 1 fully saturated rings.